The van der Waals surface area contributed by atoms with Crippen molar-refractivity contribution in [2.24, 2.45) is 5.92 Å². The lowest BCUT2D eigenvalue weighted by atomic mass is 9.94. The van der Waals surface area contributed by atoms with Gasteiger partial charge < -0.3 is 5.32 Å². The van der Waals surface area contributed by atoms with Crippen LogP contribution in [0, 0.1) is 19.8 Å². The van der Waals surface area contributed by atoms with Crippen molar-refractivity contribution >= 4 is 5.91 Å². The standard InChI is InChI=1S/C23H30N2O/c1-17-4-8-20(9-5-17)16-25-14-12-22(13-15-25)23(26)24-19(3)21-10-6-18(2)7-11-21/h4-11,19,22H,12-16H2,1-3H3,(H,24,26). The quantitative estimate of drug-likeness (QED) is 0.867. The number of benzene rings is 2. The highest BCUT2D eigenvalue weighted by atomic mass is 16.1. The van der Waals surface area contributed by atoms with Crippen molar-refractivity contribution in [1.82, 2.24) is 10.2 Å². The number of nitrogens with zero attached hydrogens (tertiary/aromatic N) is 1. The first kappa shape index (κ1) is 18.7. The minimum Gasteiger partial charge on any atom is -0.349 e. The number of likely N-dealkylation sites (tertiary alicyclic amines) is 1. The zero-order valence-corrected chi connectivity index (χ0v) is 16.2. The van der Waals surface area contributed by atoms with Gasteiger partial charge in [0.2, 0.25) is 5.91 Å². The Morgan fingerprint density at radius 3 is 2.12 bits per heavy atom. The van der Waals surface area contributed by atoms with Crippen molar-refractivity contribution in [2.45, 2.75) is 46.2 Å². The lowest BCUT2D eigenvalue weighted by molar-refractivity contribution is -0.127. The predicted molar refractivity (Wildman–Crippen MR) is 107 cm³/mol. The van der Waals surface area contributed by atoms with Gasteiger partial charge in [0.05, 0.1) is 6.04 Å². The summed E-state index contributed by atoms with van der Waals surface area (Å²) < 4.78 is 0. The normalized spacial score (nSPS) is 17.0. The van der Waals surface area contributed by atoms with Gasteiger partial charge in [0.15, 0.2) is 0 Å². The molecular weight excluding hydrogens is 320 g/mol. The van der Waals surface area contributed by atoms with Crippen molar-refractivity contribution in [2.75, 3.05) is 13.1 Å². The Morgan fingerprint density at radius 1 is 1.00 bits per heavy atom. The molecule has 3 nitrogen and oxygen atoms in total. The van der Waals surface area contributed by atoms with E-state index in [1.807, 2.05) is 0 Å². The molecule has 138 valence electrons. The number of carbonyl (C=O) groups is 1. The smallest absolute Gasteiger partial charge is 0.223 e. The first-order valence-electron chi connectivity index (χ1n) is 9.66. The minimum atomic E-state index is 0.0636. The molecule has 3 rings (SSSR count). The molecule has 1 saturated heterocycles. The summed E-state index contributed by atoms with van der Waals surface area (Å²) in [6, 6.07) is 17.2. The molecule has 2 aromatic rings. The highest BCUT2D eigenvalue weighted by Gasteiger charge is 2.25. The molecule has 0 aliphatic carbocycles. The van der Waals surface area contributed by atoms with Crippen LogP contribution in [0.1, 0.15) is 48.1 Å². The zero-order valence-electron chi connectivity index (χ0n) is 16.2. The third-order valence-electron chi connectivity index (χ3n) is 5.42. The summed E-state index contributed by atoms with van der Waals surface area (Å²) in [5.74, 6) is 0.338. The Labute approximate surface area is 157 Å². The number of hydrogen-bond donors (Lipinski definition) is 1. The average molecular weight is 351 g/mol. The Morgan fingerprint density at radius 2 is 1.54 bits per heavy atom. The molecule has 1 N–H and O–H groups in total. The predicted octanol–water partition coefficient (Wildman–Crippen LogP) is 4.39. The van der Waals surface area contributed by atoms with Crippen LogP contribution in [0.2, 0.25) is 0 Å². The van der Waals surface area contributed by atoms with E-state index in [0.717, 1.165) is 32.5 Å². The Balaban J connectivity index is 1.47. The van der Waals surface area contributed by atoms with E-state index in [4.69, 9.17) is 0 Å². The average Bonchev–Trinajstić information content (AvgIpc) is 2.64. The summed E-state index contributed by atoms with van der Waals surface area (Å²) in [6.07, 6.45) is 1.89. The second-order valence-electron chi connectivity index (χ2n) is 7.68. The van der Waals surface area contributed by atoms with E-state index in [9.17, 15) is 4.79 Å². The largest absolute Gasteiger partial charge is 0.349 e. The highest BCUT2D eigenvalue weighted by Crippen LogP contribution is 2.21. The lowest BCUT2D eigenvalue weighted by Crippen LogP contribution is -2.40. The molecule has 1 atom stereocenters. The van der Waals surface area contributed by atoms with Crippen molar-refractivity contribution in [1.29, 1.82) is 0 Å². The van der Waals surface area contributed by atoms with Crippen LogP contribution in [0.15, 0.2) is 48.5 Å². The second-order valence-corrected chi connectivity index (χ2v) is 7.68. The molecule has 0 spiro atoms. The van der Waals surface area contributed by atoms with E-state index < -0.39 is 0 Å². The van der Waals surface area contributed by atoms with Gasteiger partial charge in [-0.05, 0) is 57.8 Å². The van der Waals surface area contributed by atoms with Gasteiger partial charge in [-0.15, -0.1) is 0 Å². The van der Waals surface area contributed by atoms with Gasteiger partial charge in [0.25, 0.3) is 0 Å². The molecule has 1 amide bonds. The molecule has 1 heterocycles. The third kappa shape index (κ3) is 4.95. The maximum atomic E-state index is 12.6. The van der Waals surface area contributed by atoms with Gasteiger partial charge in [-0.25, -0.2) is 0 Å². The van der Waals surface area contributed by atoms with Crippen LogP contribution >= 0.6 is 0 Å². The van der Waals surface area contributed by atoms with Crippen LogP contribution in [-0.4, -0.2) is 23.9 Å². The molecule has 3 heteroatoms. The van der Waals surface area contributed by atoms with Crippen LogP contribution in [-0.2, 0) is 11.3 Å². The van der Waals surface area contributed by atoms with Crippen LogP contribution in [0.5, 0.6) is 0 Å². The van der Waals surface area contributed by atoms with Gasteiger partial charge in [0.1, 0.15) is 0 Å². The topological polar surface area (TPSA) is 32.3 Å². The number of aryl methyl sites for hydroxylation is 2. The summed E-state index contributed by atoms with van der Waals surface area (Å²) in [5, 5.41) is 3.20. The van der Waals surface area contributed by atoms with Crippen LogP contribution < -0.4 is 5.32 Å². The lowest BCUT2D eigenvalue weighted by Gasteiger charge is -2.32. The highest BCUT2D eigenvalue weighted by molar-refractivity contribution is 5.79. The van der Waals surface area contributed by atoms with E-state index in [1.165, 1.54) is 22.3 Å². The van der Waals surface area contributed by atoms with Crippen molar-refractivity contribution in [3.05, 3.63) is 70.8 Å². The third-order valence-corrected chi connectivity index (χ3v) is 5.42. The molecule has 1 aliphatic heterocycles. The summed E-state index contributed by atoms with van der Waals surface area (Å²) in [5.41, 5.74) is 5.06. The number of amides is 1. The van der Waals surface area contributed by atoms with Gasteiger partial charge in [-0.3, -0.25) is 9.69 Å². The summed E-state index contributed by atoms with van der Waals surface area (Å²) in [7, 11) is 0. The molecule has 0 aromatic heterocycles. The molecule has 0 radical (unpaired) electrons. The first-order valence-corrected chi connectivity index (χ1v) is 9.66. The van der Waals surface area contributed by atoms with Crippen molar-refractivity contribution in [3.8, 4) is 0 Å². The molecule has 0 saturated carbocycles. The van der Waals surface area contributed by atoms with Gasteiger partial charge >= 0.3 is 0 Å². The van der Waals surface area contributed by atoms with E-state index in [-0.39, 0.29) is 17.9 Å². The van der Waals surface area contributed by atoms with Gasteiger partial charge in [0, 0.05) is 12.5 Å². The molecule has 2 aromatic carbocycles. The number of nitrogens with one attached hydrogen (secondary N) is 1. The Kier molecular flexibility index (Phi) is 6.10. The summed E-state index contributed by atoms with van der Waals surface area (Å²) >= 11 is 0. The SMILES string of the molecule is Cc1ccc(CN2CCC(C(=O)NC(C)c3ccc(C)cc3)CC2)cc1. The molecule has 1 unspecified atom stereocenters. The number of piperidine rings is 1. The maximum Gasteiger partial charge on any atom is 0.223 e. The van der Waals surface area contributed by atoms with Crippen molar-refractivity contribution < 1.29 is 4.79 Å². The fourth-order valence-corrected chi connectivity index (χ4v) is 3.57. The fraction of sp³-hybridized carbons (Fsp3) is 0.435. The van der Waals surface area contributed by atoms with Crippen molar-refractivity contribution in [3.63, 3.8) is 0 Å². The zero-order chi connectivity index (χ0) is 18.5. The Hall–Kier alpha value is -2.13. The van der Waals surface area contributed by atoms with Gasteiger partial charge in [-0.1, -0.05) is 59.7 Å². The van der Waals surface area contributed by atoms with Gasteiger partial charge in [-0.2, -0.15) is 0 Å². The number of hydrogen-bond acceptors (Lipinski definition) is 2. The van der Waals surface area contributed by atoms with E-state index in [2.05, 4.69) is 79.5 Å². The second kappa shape index (κ2) is 8.50. The minimum absolute atomic E-state index is 0.0636. The fourth-order valence-electron chi connectivity index (χ4n) is 3.57. The van der Waals surface area contributed by atoms with Crippen LogP contribution in [0.25, 0.3) is 0 Å². The summed E-state index contributed by atoms with van der Waals surface area (Å²) in [4.78, 5) is 15.1. The van der Waals surface area contributed by atoms with Crippen LogP contribution in [0.4, 0.5) is 0 Å². The first-order chi connectivity index (χ1) is 12.5. The molecule has 0 bridgehead atoms. The number of rotatable bonds is 5. The van der Waals surface area contributed by atoms with E-state index >= 15 is 0 Å². The molecular formula is C23H30N2O. The monoisotopic (exact) mass is 350 g/mol. The summed E-state index contributed by atoms with van der Waals surface area (Å²) in [6.45, 7) is 9.22. The van der Waals surface area contributed by atoms with E-state index in [1.54, 1.807) is 0 Å². The van der Waals surface area contributed by atoms with E-state index in [0.29, 0.717) is 0 Å². The van der Waals surface area contributed by atoms with Crippen LogP contribution in [0.3, 0.4) is 0 Å². The molecule has 1 fully saturated rings. The molecule has 1 aliphatic rings. The Bertz CT molecular complexity index is 713. The molecule has 26 heavy (non-hydrogen) atoms. The maximum absolute atomic E-state index is 12.6. The number of carbonyl (C=O) groups excluding carboxylic acids is 1.